The number of ether oxygens (including phenoxy) is 1. The van der Waals surface area contributed by atoms with Crippen LogP contribution in [0.15, 0.2) is 41.5 Å². The van der Waals surface area contributed by atoms with Crippen molar-refractivity contribution in [3.8, 4) is 5.75 Å². The molecule has 0 atom stereocenters. The number of hydrogen-bond acceptors (Lipinski definition) is 4. The molecule has 1 heterocycles. The van der Waals surface area contributed by atoms with Crippen molar-refractivity contribution in [1.82, 2.24) is 9.97 Å². The molecule has 5 nitrogen and oxygen atoms in total. The molecule has 0 unspecified atom stereocenters. The third kappa shape index (κ3) is 3.13. The van der Waals surface area contributed by atoms with E-state index in [1.807, 2.05) is 30.1 Å². The molecular weight excluding hydrogens is 242 g/mol. The molecule has 0 aliphatic heterocycles. The highest BCUT2D eigenvalue weighted by molar-refractivity contribution is 5.50. The Hall–Kier alpha value is -2.30. The van der Waals surface area contributed by atoms with Crippen molar-refractivity contribution in [1.29, 1.82) is 0 Å². The van der Waals surface area contributed by atoms with Crippen molar-refractivity contribution < 1.29 is 4.74 Å². The normalized spacial score (nSPS) is 10.2. The Bertz CT molecular complexity index is 581. The number of rotatable bonds is 5. The minimum atomic E-state index is -0.265. The number of nitrogens with zero attached hydrogens (tertiary/aromatic N) is 2. The van der Waals surface area contributed by atoms with Gasteiger partial charge in [-0.1, -0.05) is 30.3 Å². The summed E-state index contributed by atoms with van der Waals surface area (Å²) in [5.74, 6) is 0.806. The van der Waals surface area contributed by atoms with E-state index in [9.17, 15) is 4.79 Å². The van der Waals surface area contributed by atoms with E-state index in [0.717, 1.165) is 13.0 Å². The number of methoxy groups -OCH3 is 1. The summed E-state index contributed by atoms with van der Waals surface area (Å²) in [6, 6.07) is 10.2. The van der Waals surface area contributed by atoms with Crippen LogP contribution in [0.2, 0.25) is 0 Å². The summed E-state index contributed by atoms with van der Waals surface area (Å²) in [6.07, 6.45) is 2.27. The van der Waals surface area contributed by atoms with Gasteiger partial charge in [-0.25, -0.2) is 4.98 Å². The van der Waals surface area contributed by atoms with Crippen LogP contribution < -0.4 is 15.2 Å². The van der Waals surface area contributed by atoms with Gasteiger partial charge in [0.2, 0.25) is 5.75 Å². The summed E-state index contributed by atoms with van der Waals surface area (Å²) in [5.41, 5.74) is 0.984. The van der Waals surface area contributed by atoms with Gasteiger partial charge in [0.15, 0.2) is 5.82 Å². The van der Waals surface area contributed by atoms with Crippen LogP contribution in [0, 0.1) is 0 Å². The zero-order valence-corrected chi connectivity index (χ0v) is 11.1. The van der Waals surface area contributed by atoms with Crippen LogP contribution in [0.5, 0.6) is 5.75 Å². The van der Waals surface area contributed by atoms with Crippen LogP contribution >= 0.6 is 0 Å². The fourth-order valence-corrected chi connectivity index (χ4v) is 1.88. The lowest BCUT2D eigenvalue weighted by Crippen LogP contribution is -2.25. The van der Waals surface area contributed by atoms with Crippen LogP contribution in [0.1, 0.15) is 5.56 Å². The molecule has 1 aromatic heterocycles. The standard InChI is InChI=1S/C14H17N3O2/c1-17(9-8-11-6-4-3-5-7-11)13-12(19-2)14(18)16-10-15-13/h3-7,10H,8-9H2,1-2H3,(H,15,16,18). The van der Waals surface area contributed by atoms with E-state index >= 15 is 0 Å². The topological polar surface area (TPSA) is 58.2 Å². The molecule has 0 aliphatic carbocycles. The number of aromatic nitrogens is 2. The van der Waals surface area contributed by atoms with E-state index in [4.69, 9.17) is 4.74 Å². The number of hydrogen-bond donors (Lipinski definition) is 1. The van der Waals surface area contributed by atoms with Crippen LogP contribution in [0.4, 0.5) is 5.82 Å². The van der Waals surface area contributed by atoms with Gasteiger partial charge in [0, 0.05) is 13.6 Å². The lowest BCUT2D eigenvalue weighted by molar-refractivity contribution is 0.406. The SMILES string of the molecule is COc1c(N(C)CCc2ccccc2)nc[nH]c1=O. The number of H-pyrrole nitrogens is 1. The van der Waals surface area contributed by atoms with Gasteiger partial charge in [0.1, 0.15) is 0 Å². The van der Waals surface area contributed by atoms with E-state index in [2.05, 4.69) is 22.1 Å². The van der Waals surface area contributed by atoms with Gasteiger partial charge < -0.3 is 14.6 Å². The minimum Gasteiger partial charge on any atom is -0.489 e. The fourth-order valence-electron chi connectivity index (χ4n) is 1.88. The molecule has 0 aliphatic rings. The molecule has 0 saturated carbocycles. The zero-order chi connectivity index (χ0) is 13.7. The molecule has 100 valence electrons. The van der Waals surface area contributed by atoms with Crippen LogP contribution in [0.3, 0.4) is 0 Å². The largest absolute Gasteiger partial charge is 0.489 e. The van der Waals surface area contributed by atoms with E-state index in [1.54, 1.807) is 0 Å². The Morgan fingerprint density at radius 1 is 1.32 bits per heavy atom. The average molecular weight is 259 g/mol. The molecule has 0 saturated heterocycles. The first-order valence-electron chi connectivity index (χ1n) is 6.09. The van der Waals surface area contributed by atoms with Gasteiger partial charge >= 0.3 is 0 Å². The molecule has 19 heavy (non-hydrogen) atoms. The van der Waals surface area contributed by atoms with Crippen molar-refractivity contribution in [3.05, 3.63) is 52.6 Å². The van der Waals surface area contributed by atoms with Gasteiger partial charge in [0.25, 0.3) is 5.56 Å². The number of benzene rings is 1. The van der Waals surface area contributed by atoms with E-state index in [0.29, 0.717) is 5.82 Å². The first-order valence-corrected chi connectivity index (χ1v) is 6.09. The molecule has 2 rings (SSSR count). The highest BCUT2D eigenvalue weighted by atomic mass is 16.5. The summed E-state index contributed by atoms with van der Waals surface area (Å²) >= 11 is 0. The Balaban J connectivity index is 2.10. The average Bonchev–Trinajstić information content (AvgIpc) is 2.45. The lowest BCUT2D eigenvalue weighted by Gasteiger charge is -2.19. The number of aromatic amines is 1. The monoisotopic (exact) mass is 259 g/mol. The van der Waals surface area contributed by atoms with Crippen LogP contribution in [0.25, 0.3) is 0 Å². The Morgan fingerprint density at radius 2 is 2.05 bits per heavy atom. The van der Waals surface area contributed by atoms with Crippen molar-refractivity contribution >= 4 is 5.82 Å². The highest BCUT2D eigenvalue weighted by Crippen LogP contribution is 2.18. The first kappa shape index (κ1) is 13.1. The fraction of sp³-hybridized carbons (Fsp3) is 0.286. The van der Waals surface area contributed by atoms with Gasteiger partial charge in [-0.2, -0.15) is 0 Å². The summed E-state index contributed by atoms with van der Waals surface area (Å²) < 4.78 is 5.10. The predicted molar refractivity (Wildman–Crippen MR) is 74.8 cm³/mol. The second kappa shape index (κ2) is 6.04. The first-order chi connectivity index (χ1) is 9.22. The molecule has 0 radical (unpaired) electrons. The molecule has 0 fully saturated rings. The van der Waals surface area contributed by atoms with Gasteiger partial charge in [-0.05, 0) is 12.0 Å². The summed E-state index contributed by atoms with van der Waals surface area (Å²) in [6.45, 7) is 0.761. The summed E-state index contributed by atoms with van der Waals surface area (Å²) in [7, 11) is 3.37. The summed E-state index contributed by atoms with van der Waals surface area (Å²) in [4.78, 5) is 20.2. The second-order valence-electron chi connectivity index (χ2n) is 4.25. The zero-order valence-electron chi connectivity index (χ0n) is 11.1. The molecule has 2 aromatic rings. The van der Waals surface area contributed by atoms with Crippen LogP contribution in [-0.2, 0) is 6.42 Å². The molecule has 0 spiro atoms. The van der Waals surface area contributed by atoms with E-state index < -0.39 is 0 Å². The molecule has 0 amide bonds. The minimum absolute atomic E-state index is 0.248. The molecule has 5 heteroatoms. The Morgan fingerprint density at radius 3 is 2.74 bits per heavy atom. The highest BCUT2D eigenvalue weighted by Gasteiger charge is 2.12. The molecule has 0 bridgehead atoms. The van der Waals surface area contributed by atoms with Gasteiger partial charge in [-0.3, -0.25) is 4.79 Å². The molecule has 1 N–H and O–H groups in total. The van der Waals surface area contributed by atoms with E-state index in [-0.39, 0.29) is 11.3 Å². The van der Waals surface area contributed by atoms with Crippen LogP contribution in [-0.4, -0.2) is 30.7 Å². The van der Waals surface area contributed by atoms with Crippen molar-refractivity contribution in [2.24, 2.45) is 0 Å². The van der Waals surface area contributed by atoms with Crippen molar-refractivity contribution in [3.63, 3.8) is 0 Å². The maximum atomic E-state index is 11.6. The molecular formula is C14H17N3O2. The van der Waals surface area contributed by atoms with Gasteiger partial charge in [-0.15, -0.1) is 0 Å². The second-order valence-corrected chi connectivity index (χ2v) is 4.25. The quantitative estimate of drug-likeness (QED) is 0.883. The smallest absolute Gasteiger partial charge is 0.295 e. The summed E-state index contributed by atoms with van der Waals surface area (Å²) in [5, 5.41) is 0. The maximum absolute atomic E-state index is 11.6. The predicted octanol–water partition coefficient (Wildman–Crippen LogP) is 1.46. The van der Waals surface area contributed by atoms with Crippen molar-refractivity contribution in [2.45, 2.75) is 6.42 Å². The number of likely N-dealkylation sites (N-methyl/N-ethyl adjacent to an activating group) is 1. The van der Waals surface area contributed by atoms with Crippen molar-refractivity contribution in [2.75, 3.05) is 25.6 Å². The Labute approximate surface area is 111 Å². The number of nitrogens with one attached hydrogen (secondary N) is 1. The lowest BCUT2D eigenvalue weighted by atomic mass is 10.1. The third-order valence-electron chi connectivity index (χ3n) is 2.94. The van der Waals surface area contributed by atoms with Gasteiger partial charge in [0.05, 0.1) is 13.4 Å². The number of anilines is 1. The molecule has 1 aromatic carbocycles. The van der Waals surface area contributed by atoms with E-state index in [1.165, 1.54) is 19.0 Å². The third-order valence-corrected chi connectivity index (χ3v) is 2.94. The Kier molecular flexibility index (Phi) is 4.18. The maximum Gasteiger partial charge on any atom is 0.295 e.